The number of aliphatic hydroxyl groups excluding tert-OH is 1. The first kappa shape index (κ1) is 12.6. The summed E-state index contributed by atoms with van der Waals surface area (Å²) in [6, 6.07) is 0. The Morgan fingerprint density at radius 3 is 2.73 bits per heavy atom. The van der Waals surface area contributed by atoms with Gasteiger partial charge in [0.2, 0.25) is 0 Å². The maximum Gasteiger partial charge on any atom is 0.122 e. The molecular formula is C11H20N2OS. The molecule has 0 amide bonds. The number of thiazole rings is 1. The van der Waals surface area contributed by atoms with E-state index in [1.54, 1.807) is 11.3 Å². The Kier molecular flexibility index (Phi) is 4.70. The van der Waals surface area contributed by atoms with Gasteiger partial charge < -0.3 is 10.8 Å². The predicted octanol–water partition coefficient (Wildman–Crippen LogP) is 2.03. The molecule has 1 rings (SSSR count). The fourth-order valence-corrected chi connectivity index (χ4v) is 2.61. The van der Waals surface area contributed by atoms with Crippen molar-refractivity contribution >= 4 is 11.3 Å². The third-order valence-corrected chi connectivity index (χ3v) is 4.00. The van der Waals surface area contributed by atoms with Crippen LogP contribution in [0.25, 0.3) is 0 Å². The third kappa shape index (κ3) is 3.00. The number of hydrogen-bond donors (Lipinski definition) is 2. The van der Waals surface area contributed by atoms with Crippen LogP contribution in [0.15, 0.2) is 0 Å². The minimum absolute atomic E-state index is 0.265. The summed E-state index contributed by atoms with van der Waals surface area (Å²) in [5.41, 5.74) is 6.53. The van der Waals surface area contributed by atoms with Crippen LogP contribution < -0.4 is 5.73 Å². The van der Waals surface area contributed by atoms with E-state index >= 15 is 0 Å². The van der Waals surface area contributed by atoms with E-state index < -0.39 is 6.10 Å². The van der Waals surface area contributed by atoms with Crippen LogP contribution in [0.4, 0.5) is 0 Å². The van der Waals surface area contributed by atoms with Crippen molar-refractivity contribution in [3.63, 3.8) is 0 Å². The van der Waals surface area contributed by atoms with Crippen molar-refractivity contribution in [3.8, 4) is 0 Å². The fraction of sp³-hybridized carbons (Fsp3) is 0.727. The lowest BCUT2D eigenvalue weighted by molar-refractivity contribution is 0.115. The van der Waals surface area contributed by atoms with Gasteiger partial charge in [-0.25, -0.2) is 4.98 Å². The highest BCUT2D eigenvalue weighted by Crippen LogP contribution is 2.29. The van der Waals surface area contributed by atoms with Gasteiger partial charge in [-0.1, -0.05) is 20.3 Å². The number of aromatic nitrogens is 1. The van der Waals surface area contributed by atoms with Crippen molar-refractivity contribution in [1.82, 2.24) is 4.98 Å². The third-order valence-electron chi connectivity index (χ3n) is 2.72. The van der Waals surface area contributed by atoms with Gasteiger partial charge in [-0.3, -0.25) is 0 Å². The van der Waals surface area contributed by atoms with Crippen molar-refractivity contribution in [1.29, 1.82) is 0 Å². The van der Waals surface area contributed by atoms with Gasteiger partial charge in [-0.05, 0) is 25.8 Å². The molecule has 3 nitrogen and oxygen atoms in total. The van der Waals surface area contributed by atoms with Gasteiger partial charge in [0.15, 0.2) is 0 Å². The monoisotopic (exact) mass is 228 g/mol. The smallest absolute Gasteiger partial charge is 0.122 e. The first-order chi connectivity index (χ1) is 7.10. The minimum Gasteiger partial charge on any atom is -0.386 e. The molecule has 0 spiro atoms. The molecular weight excluding hydrogens is 208 g/mol. The average Bonchev–Trinajstić information content (AvgIpc) is 2.59. The summed E-state index contributed by atoms with van der Waals surface area (Å²) in [7, 11) is 0. The van der Waals surface area contributed by atoms with Crippen LogP contribution in [0, 0.1) is 12.8 Å². The Balaban J connectivity index is 2.81. The number of aryl methyl sites for hydroxylation is 1. The Hall–Kier alpha value is -0.450. The van der Waals surface area contributed by atoms with Crippen molar-refractivity contribution in [2.75, 3.05) is 6.54 Å². The molecule has 0 saturated carbocycles. The van der Waals surface area contributed by atoms with Crippen molar-refractivity contribution < 1.29 is 5.11 Å². The highest BCUT2D eigenvalue weighted by molar-refractivity contribution is 7.11. The molecule has 3 N–H and O–H groups in total. The van der Waals surface area contributed by atoms with Gasteiger partial charge in [-0.15, -0.1) is 11.3 Å². The maximum absolute atomic E-state index is 10.0. The average molecular weight is 228 g/mol. The highest BCUT2D eigenvalue weighted by Gasteiger charge is 2.19. The van der Waals surface area contributed by atoms with Crippen molar-refractivity contribution in [2.24, 2.45) is 11.7 Å². The lowest BCUT2D eigenvalue weighted by atomic mass is 10.0. The minimum atomic E-state index is -0.426. The Morgan fingerprint density at radius 2 is 2.20 bits per heavy atom. The first-order valence-electron chi connectivity index (χ1n) is 5.44. The van der Waals surface area contributed by atoms with E-state index in [0.717, 1.165) is 23.5 Å². The molecule has 15 heavy (non-hydrogen) atoms. The largest absolute Gasteiger partial charge is 0.386 e. The molecule has 86 valence electrons. The highest BCUT2D eigenvalue weighted by atomic mass is 32.1. The molecule has 1 aromatic heterocycles. The zero-order valence-electron chi connectivity index (χ0n) is 9.66. The summed E-state index contributed by atoms with van der Waals surface area (Å²) in [4.78, 5) is 5.61. The second-order valence-corrected chi connectivity index (χ2v) is 5.04. The molecule has 0 radical (unpaired) electrons. The van der Waals surface area contributed by atoms with Crippen LogP contribution in [0.2, 0.25) is 0 Å². The van der Waals surface area contributed by atoms with Crippen molar-refractivity contribution in [2.45, 2.75) is 39.7 Å². The Bertz CT molecular complexity index is 312. The summed E-state index contributed by atoms with van der Waals surface area (Å²) < 4.78 is 0. The molecule has 0 bridgehead atoms. The van der Waals surface area contributed by atoms with E-state index in [0.29, 0.717) is 6.54 Å². The second-order valence-electron chi connectivity index (χ2n) is 3.93. The van der Waals surface area contributed by atoms with Gasteiger partial charge in [0.25, 0.3) is 0 Å². The SMILES string of the molecule is CCC(C)C(O)c1nc(C)c(CCN)s1. The summed E-state index contributed by atoms with van der Waals surface area (Å²) >= 11 is 1.59. The van der Waals surface area contributed by atoms with Gasteiger partial charge in [-0.2, -0.15) is 0 Å². The molecule has 0 aromatic carbocycles. The fourth-order valence-electron chi connectivity index (χ4n) is 1.41. The Morgan fingerprint density at radius 1 is 1.53 bits per heavy atom. The quantitative estimate of drug-likeness (QED) is 0.810. The molecule has 0 aliphatic carbocycles. The molecule has 0 aliphatic heterocycles. The van der Waals surface area contributed by atoms with E-state index in [1.165, 1.54) is 4.88 Å². The molecule has 4 heteroatoms. The molecule has 2 unspecified atom stereocenters. The van der Waals surface area contributed by atoms with Gasteiger partial charge in [0.1, 0.15) is 11.1 Å². The summed E-state index contributed by atoms with van der Waals surface area (Å²) in [6.07, 6.45) is 1.40. The number of hydrogen-bond acceptors (Lipinski definition) is 4. The number of aliphatic hydroxyl groups is 1. The van der Waals surface area contributed by atoms with Crippen molar-refractivity contribution in [3.05, 3.63) is 15.6 Å². The zero-order chi connectivity index (χ0) is 11.4. The molecule has 1 heterocycles. The lowest BCUT2D eigenvalue weighted by Crippen LogP contribution is -2.07. The second kappa shape index (κ2) is 5.58. The zero-order valence-corrected chi connectivity index (χ0v) is 10.5. The normalized spacial score (nSPS) is 15.3. The van der Waals surface area contributed by atoms with Gasteiger partial charge >= 0.3 is 0 Å². The molecule has 0 saturated heterocycles. The van der Waals surface area contributed by atoms with E-state index in [1.807, 2.05) is 13.8 Å². The number of nitrogens with two attached hydrogens (primary N) is 1. The molecule has 0 fully saturated rings. The predicted molar refractivity (Wildman–Crippen MR) is 64.0 cm³/mol. The topological polar surface area (TPSA) is 59.1 Å². The summed E-state index contributed by atoms with van der Waals surface area (Å²) in [5, 5.41) is 10.8. The van der Waals surface area contributed by atoms with Gasteiger partial charge in [0.05, 0.1) is 5.69 Å². The number of nitrogens with zero attached hydrogens (tertiary/aromatic N) is 1. The standard InChI is InChI=1S/C11H20N2OS/c1-4-7(2)10(14)11-13-8(3)9(15-11)5-6-12/h7,10,14H,4-6,12H2,1-3H3. The number of rotatable bonds is 5. The van der Waals surface area contributed by atoms with E-state index in [-0.39, 0.29) is 5.92 Å². The molecule has 2 atom stereocenters. The van der Waals surface area contributed by atoms with Crippen LogP contribution >= 0.6 is 11.3 Å². The van der Waals surface area contributed by atoms with Crippen LogP contribution in [-0.2, 0) is 6.42 Å². The van der Waals surface area contributed by atoms with Gasteiger partial charge in [0, 0.05) is 4.88 Å². The molecule has 0 aliphatic rings. The maximum atomic E-state index is 10.0. The van der Waals surface area contributed by atoms with E-state index in [9.17, 15) is 5.11 Å². The lowest BCUT2D eigenvalue weighted by Gasteiger charge is -2.13. The Labute approximate surface area is 95.3 Å². The van der Waals surface area contributed by atoms with Crippen LogP contribution in [0.5, 0.6) is 0 Å². The molecule has 1 aromatic rings. The summed E-state index contributed by atoms with van der Waals surface area (Å²) in [5.74, 6) is 0.265. The first-order valence-corrected chi connectivity index (χ1v) is 6.26. The van der Waals surface area contributed by atoms with Crippen LogP contribution in [0.1, 0.15) is 42.0 Å². The summed E-state index contributed by atoms with van der Waals surface area (Å²) in [6.45, 7) is 6.75. The van der Waals surface area contributed by atoms with E-state index in [2.05, 4.69) is 11.9 Å². The van der Waals surface area contributed by atoms with E-state index in [4.69, 9.17) is 5.73 Å². The van der Waals surface area contributed by atoms with Crippen LogP contribution in [0.3, 0.4) is 0 Å². The van der Waals surface area contributed by atoms with Crippen LogP contribution in [-0.4, -0.2) is 16.6 Å².